The Morgan fingerprint density at radius 3 is 3.15 bits per heavy atom. The van der Waals surface area contributed by atoms with Gasteiger partial charge >= 0.3 is 0 Å². The molecule has 3 aromatic heterocycles. The predicted molar refractivity (Wildman–Crippen MR) is 75.7 cm³/mol. The zero-order valence-corrected chi connectivity index (χ0v) is 11.1. The lowest BCUT2D eigenvalue weighted by Gasteiger charge is -1.96. The Morgan fingerprint density at radius 2 is 2.35 bits per heavy atom. The highest BCUT2D eigenvalue weighted by Crippen LogP contribution is 2.10. The average Bonchev–Trinajstić information content (AvgIpc) is 3.05. The van der Waals surface area contributed by atoms with Crippen LogP contribution >= 0.6 is 0 Å². The van der Waals surface area contributed by atoms with Gasteiger partial charge in [0.25, 0.3) is 5.91 Å². The summed E-state index contributed by atoms with van der Waals surface area (Å²) in [6.45, 7) is 2.09. The summed E-state index contributed by atoms with van der Waals surface area (Å²) in [5, 5.41) is 9.70. The molecule has 0 fully saturated rings. The highest BCUT2D eigenvalue weighted by molar-refractivity contribution is 6.02. The highest BCUT2D eigenvalue weighted by Gasteiger charge is 2.12. The van der Waals surface area contributed by atoms with E-state index in [1.54, 1.807) is 6.20 Å². The Balaban J connectivity index is 1.77. The minimum Gasteiger partial charge on any atom is -0.306 e. The number of hydrogen-bond acceptors (Lipinski definition) is 3. The Hall–Kier alpha value is -2.63. The number of rotatable bonds is 4. The molecule has 0 unspecified atom stereocenters. The van der Waals surface area contributed by atoms with Gasteiger partial charge in [0.15, 0.2) is 5.82 Å². The fraction of sp³-hybridized carbons (Fsp3) is 0.214. The highest BCUT2D eigenvalue weighted by atomic mass is 16.2. The third kappa shape index (κ3) is 2.40. The van der Waals surface area contributed by atoms with Crippen molar-refractivity contribution in [1.82, 2.24) is 19.6 Å². The van der Waals surface area contributed by atoms with Crippen LogP contribution in [0.15, 0.2) is 36.7 Å². The summed E-state index contributed by atoms with van der Waals surface area (Å²) < 4.78 is 1.81. The van der Waals surface area contributed by atoms with Gasteiger partial charge in [-0.05, 0) is 18.6 Å². The van der Waals surface area contributed by atoms with Crippen molar-refractivity contribution in [3.63, 3.8) is 0 Å². The van der Waals surface area contributed by atoms with Crippen LogP contribution < -0.4 is 5.32 Å². The number of imidazole rings is 1. The molecule has 6 nitrogen and oxygen atoms in total. The lowest BCUT2D eigenvalue weighted by Crippen LogP contribution is -2.12. The fourth-order valence-electron chi connectivity index (χ4n) is 2.05. The standard InChI is InChI=1S/C14H15N5O/c1-2-5-10-8-12(18-17-10)16-14(20)11-9-19-7-4-3-6-13(19)15-11/h3-4,6-9H,2,5H2,1H3,(H2,16,17,18,20). The second-order valence-electron chi connectivity index (χ2n) is 4.57. The summed E-state index contributed by atoms with van der Waals surface area (Å²) in [4.78, 5) is 16.4. The Labute approximate surface area is 115 Å². The van der Waals surface area contributed by atoms with Gasteiger partial charge < -0.3 is 9.72 Å². The predicted octanol–water partition coefficient (Wildman–Crippen LogP) is 2.26. The van der Waals surface area contributed by atoms with E-state index in [1.807, 2.05) is 34.9 Å². The van der Waals surface area contributed by atoms with Gasteiger partial charge in [0.1, 0.15) is 11.3 Å². The number of nitrogens with one attached hydrogen (secondary N) is 2. The van der Waals surface area contributed by atoms with Gasteiger partial charge in [-0.15, -0.1) is 0 Å². The second kappa shape index (κ2) is 5.16. The molecule has 0 aliphatic rings. The molecule has 0 saturated carbocycles. The molecule has 0 aliphatic carbocycles. The summed E-state index contributed by atoms with van der Waals surface area (Å²) in [6, 6.07) is 7.47. The van der Waals surface area contributed by atoms with E-state index in [1.165, 1.54) is 0 Å². The normalized spacial score (nSPS) is 10.8. The maximum Gasteiger partial charge on any atom is 0.277 e. The van der Waals surface area contributed by atoms with E-state index in [9.17, 15) is 4.79 Å². The van der Waals surface area contributed by atoms with Crippen molar-refractivity contribution in [2.45, 2.75) is 19.8 Å². The number of pyridine rings is 1. The molecular weight excluding hydrogens is 254 g/mol. The summed E-state index contributed by atoms with van der Waals surface area (Å²) in [7, 11) is 0. The number of carbonyl (C=O) groups excluding carboxylic acids is 1. The number of nitrogens with zero attached hydrogens (tertiary/aromatic N) is 3. The molecule has 0 bridgehead atoms. The first-order valence-corrected chi connectivity index (χ1v) is 6.55. The van der Waals surface area contributed by atoms with Crippen molar-refractivity contribution in [1.29, 1.82) is 0 Å². The number of carbonyl (C=O) groups is 1. The maximum atomic E-state index is 12.1. The van der Waals surface area contributed by atoms with Crippen molar-refractivity contribution in [2.24, 2.45) is 0 Å². The third-order valence-corrected chi connectivity index (χ3v) is 2.99. The second-order valence-corrected chi connectivity index (χ2v) is 4.57. The van der Waals surface area contributed by atoms with Crippen molar-refractivity contribution >= 4 is 17.4 Å². The number of H-pyrrole nitrogens is 1. The summed E-state index contributed by atoms with van der Waals surface area (Å²) >= 11 is 0. The molecule has 0 aliphatic heterocycles. The first kappa shape index (κ1) is 12.4. The van der Waals surface area contributed by atoms with Gasteiger partial charge in [0.2, 0.25) is 0 Å². The van der Waals surface area contributed by atoms with E-state index in [2.05, 4.69) is 27.4 Å². The minimum atomic E-state index is -0.261. The van der Waals surface area contributed by atoms with Crippen LogP contribution in [0, 0.1) is 0 Å². The van der Waals surface area contributed by atoms with Crippen LogP contribution in [-0.4, -0.2) is 25.5 Å². The molecule has 2 N–H and O–H groups in total. The first-order chi connectivity index (χ1) is 9.76. The van der Waals surface area contributed by atoms with E-state index in [0.29, 0.717) is 11.5 Å². The number of aryl methyl sites for hydroxylation is 1. The summed E-state index contributed by atoms with van der Waals surface area (Å²) in [5.41, 5.74) is 2.13. The number of aromatic nitrogens is 4. The van der Waals surface area contributed by atoms with Gasteiger partial charge in [0, 0.05) is 24.2 Å². The van der Waals surface area contributed by atoms with Crippen molar-refractivity contribution in [2.75, 3.05) is 5.32 Å². The SMILES string of the molecule is CCCc1cc(NC(=O)c2cn3ccccc3n2)n[nH]1. The van der Waals surface area contributed by atoms with Gasteiger partial charge in [0.05, 0.1) is 0 Å². The molecule has 0 atom stereocenters. The molecule has 0 spiro atoms. The van der Waals surface area contributed by atoms with E-state index in [4.69, 9.17) is 0 Å². The zero-order valence-electron chi connectivity index (χ0n) is 11.1. The van der Waals surface area contributed by atoms with Gasteiger partial charge in [-0.25, -0.2) is 4.98 Å². The maximum absolute atomic E-state index is 12.1. The van der Waals surface area contributed by atoms with E-state index in [-0.39, 0.29) is 5.91 Å². The lowest BCUT2D eigenvalue weighted by molar-refractivity contribution is 0.102. The minimum absolute atomic E-state index is 0.261. The smallest absolute Gasteiger partial charge is 0.277 e. The monoisotopic (exact) mass is 269 g/mol. The largest absolute Gasteiger partial charge is 0.306 e. The van der Waals surface area contributed by atoms with Crippen molar-refractivity contribution in [3.8, 4) is 0 Å². The fourth-order valence-corrected chi connectivity index (χ4v) is 2.05. The number of anilines is 1. The first-order valence-electron chi connectivity index (χ1n) is 6.55. The van der Waals surface area contributed by atoms with Crippen LogP contribution in [-0.2, 0) is 6.42 Å². The molecule has 0 saturated heterocycles. The van der Waals surface area contributed by atoms with Crippen LogP contribution in [0.25, 0.3) is 5.65 Å². The van der Waals surface area contributed by atoms with E-state index in [0.717, 1.165) is 24.2 Å². The summed E-state index contributed by atoms with van der Waals surface area (Å²) in [6.07, 6.45) is 5.50. The quantitative estimate of drug-likeness (QED) is 0.763. The molecule has 20 heavy (non-hydrogen) atoms. The Kier molecular flexibility index (Phi) is 3.20. The zero-order chi connectivity index (χ0) is 13.9. The van der Waals surface area contributed by atoms with Crippen molar-refractivity contribution in [3.05, 3.63) is 48.0 Å². The molecule has 102 valence electrons. The van der Waals surface area contributed by atoms with Crippen molar-refractivity contribution < 1.29 is 4.79 Å². The van der Waals surface area contributed by atoms with E-state index >= 15 is 0 Å². The molecule has 6 heteroatoms. The molecule has 3 aromatic rings. The molecular formula is C14H15N5O. The molecule has 0 radical (unpaired) electrons. The molecule has 3 rings (SSSR count). The summed E-state index contributed by atoms with van der Waals surface area (Å²) in [5.74, 6) is 0.263. The van der Waals surface area contributed by atoms with Gasteiger partial charge in [-0.2, -0.15) is 5.10 Å². The van der Waals surface area contributed by atoms with Crippen LogP contribution in [0.1, 0.15) is 29.5 Å². The van der Waals surface area contributed by atoms with Crippen LogP contribution in [0.5, 0.6) is 0 Å². The Bertz CT molecular complexity index is 710. The Morgan fingerprint density at radius 1 is 1.45 bits per heavy atom. The lowest BCUT2D eigenvalue weighted by atomic mass is 10.2. The van der Waals surface area contributed by atoms with Crippen LogP contribution in [0.3, 0.4) is 0 Å². The molecule has 1 amide bonds. The topological polar surface area (TPSA) is 75.1 Å². The van der Waals surface area contributed by atoms with Gasteiger partial charge in [-0.1, -0.05) is 19.4 Å². The number of hydrogen-bond donors (Lipinski definition) is 2. The van der Waals surface area contributed by atoms with E-state index < -0.39 is 0 Å². The number of fused-ring (bicyclic) bond motifs is 1. The van der Waals surface area contributed by atoms with Crippen LogP contribution in [0.2, 0.25) is 0 Å². The number of amides is 1. The molecule has 0 aromatic carbocycles. The van der Waals surface area contributed by atoms with Gasteiger partial charge in [-0.3, -0.25) is 9.89 Å². The third-order valence-electron chi connectivity index (χ3n) is 2.99. The molecule has 3 heterocycles. The number of aromatic amines is 1. The van der Waals surface area contributed by atoms with Crippen LogP contribution in [0.4, 0.5) is 5.82 Å². The average molecular weight is 269 g/mol.